The average Bonchev–Trinajstić information content (AvgIpc) is 3.10. The second-order valence-corrected chi connectivity index (χ2v) is 14.1. The largest absolute Gasteiger partial charge is 0.311 e. The van der Waals surface area contributed by atoms with Crippen molar-refractivity contribution in [2.75, 3.05) is 9.80 Å². The predicted octanol–water partition coefficient (Wildman–Crippen LogP) is 9.23. The van der Waals surface area contributed by atoms with Crippen LogP contribution in [-0.2, 0) is 5.41 Å². The zero-order chi connectivity index (χ0) is 31.6. The lowest BCUT2D eigenvalue weighted by atomic mass is 9.33. The second-order valence-electron chi connectivity index (χ2n) is 14.1. The minimum absolute atomic E-state index is 0.0728. The topological polar surface area (TPSA) is 19.4 Å². The van der Waals surface area contributed by atoms with Gasteiger partial charge in [-0.3, -0.25) is 0 Å². The second kappa shape index (κ2) is 9.36. The minimum atomic E-state index is -0.139. The van der Waals surface area contributed by atoms with Gasteiger partial charge in [0.05, 0.1) is 22.6 Å². The van der Waals surface area contributed by atoms with Gasteiger partial charge in [-0.05, 0) is 69.2 Å². The van der Waals surface area contributed by atoms with E-state index in [-0.39, 0.29) is 18.0 Å². The molecule has 3 nitrogen and oxygen atoms in total. The van der Waals surface area contributed by atoms with E-state index < -0.39 is 0 Å². The molecule has 4 heterocycles. The number of aromatic nitrogens is 1. The van der Waals surface area contributed by atoms with Gasteiger partial charge in [0.15, 0.2) is 0 Å². The van der Waals surface area contributed by atoms with Crippen molar-refractivity contribution in [2.45, 2.75) is 39.0 Å². The molecule has 0 aliphatic carbocycles. The summed E-state index contributed by atoms with van der Waals surface area (Å²) in [5.41, 5.74) is 16.2. The number of nitrogens with zero attached hydrogens (tertiary/aromatic N) is 3. The van der Waals surface area contributed by atoms with Gasteiger partial charge in [0.25, 0.3) is 6.71 Å². The maximum absolute atomic E-state index is 5.64. The number of fused-ring (bicyclic) bond motifs is 10. The molecule has 1 aromatic heterocycles. The fourth-order valence-electron chi connectivity index (χ4n) is 8.88. The van der Waals surface area contributed by atoms with E-state index >= 15 is 0 Å². The van der Waals surface area contributed by atoms with Crippen LogP contribution in [-0.4, -0.2) is 11.7 Å². The van der Waals surface area contributed by atoms with Crippen molar-refractivity contribution in [3.63, 3.8) is 0 Å². The first-order chi connectivity index (χ1) is 22.9. The summed E-state index contributed by atoms with van der Waals surface area (Å²) >= 11 is 0. The highest BCUT2D eigenvalue weighted by Gasteiger charge is 2.48. The van der Waals surface area contributed by atoms with E-state index in [0.717, 1.165) is 16.9 Å². The molecule has 0 bridgehead atoms. The van der Waals surface area contributed by atoms with Crippen LogP contribution in [0.3, 0.4) is 0 Å². The summed E-state index contributed by atoms with van der Waals surface area (Å²) in [5.74, 6) is 0.281. The SMILES string of the molecule is CC(C)c1nc2c3c4c(cc2c2ccccc12)N1c2ccccc2C(C)(C)c2cccc(c21)B4c1ccccc1N3c1ccccc1. The van der Waals surface area contributed by atoms with Gasteiger partial charge in [0.1, 0.15) is 0 Å². The van der Waals surface area contributed by atoms with Crippen molar-refractivity contribution in [1.82, 2.24) is 4.98 Å². The molecule has 224 valence electrons. The van der Waals surface area contributed by atoms with Crippen LogP contribution in [0.1, 0.15) is 50.4 Å². The standard InChI is InChI=1S/C43H34BN3/c1-26(2)39-29-18-9-8-17-28(29)30-25-37-38-42(40(30)45-39)46(27-15-6-5-7-16-27)36-24-13-11-21-33(36)44(38)34-22-14-20-32-41(34)47(37)35-23-12-10-19-31(35)43(32,3)4/h5-26H,1-4H3. The van der Waals surface area contributed by atoms with Crippen molar-refractivity contribution in [3.05, 3.63) is 144 Å². The van der Waals surface area contributed by atoms with Gasteiger partial charge >= 0.3 is 0 Å². The number of hydrogen-bond acceptors (Lipinski definition) is 3. The van der Waals surface area contributed by atoms with E-state index in [4.69, 9.17) is 4.98 Å². The number of anilines is 6. The Morgan fingerprint density at radius 3 is 2.04 bits per heavy atom. The Morgan fingerprint density at radius 1 is 0.574 bits per heavy atom. The minimum Gasteiger partial charge on any atom is -0.311 e. The van der Waals surface area contributed by atoms with Crippen LogP contribution in [0.25, 0.3) is 21.7 Å². The van der Waals surface area contributed by atoms with E-state index in [2.05, 4.69) is 165 Å². The Kier molecular flexibility index (Phi) is 5.34. The highest BCUT2D eigenvalue weighted by Crippen LogP contribution is 2.55. The lowest BCUT2D eigenvalue weighted by molar-refractivity contribution is 0.632. The van der Waals surface area contributed by atoms with Crippen LogP contribution in [0.5, 0.6) is 0 Å². The number of benzene rings is 6. The van der Waals surface area contributed by atoms with E-state index in [0.29, 0.717) is 0 Å². The summed E-state index contributed by atoms with van der Waals surface area (Å²) < 4.78 is 0. The molecule has 0 amide bonds. The number of hydrogen-bond donors (Lipinski definition) is 0. The quantitative estimate of drug-likeness (QED) is 0.145. The maximum Gasteiger partial charge on any atom is 0.252 e. The van der Waals surface area contributed by atoms with Gasteiger partial charge in [0, 0.05) is 38.9 Å². The molecule has 4 heteroatoms. The molecule has 7 aromatic rings. The number of rotatable bonds is 2. The first-order valence-corrected chi connectivity index (χ1v) is 16.8. The molecular weight excluding hydrogens is 569 g/mol. The van der Waals surface area contributed by atoms with Crippen molar-refractivity contribution >= 4 is 78.9 Å². The summed E-state index contributed by atoms with van der Waals surface area (Å²) in [5, 5.41) is 3.69. The summed E-state index contributed by atoms with van der Waals surface area (Å²) in [6, 6.07) is 47.3. The molecule has 0 saturated heterocycles. The van der Waals surface area contributed by atoms with Crippen molar-refractivity contribution in [1.29, 1.82) is 0 Å². The van der Waals surface area contributed by atoms with Gasteiger partial charge < -0.3 is 9.80 Å². The zero-order valence-electron chi connectivity index (χ0n) is 27.1. The summed E-state index contributed by atoms with van der Waals surface area (Å²) in [6.07, 6.45) is 0. The highest BCUT2D eigenvalue weighted by atomic mass is 15.2. The van der Waals surface area contributed by atoms with Gasteiger partial charge in [-0.2, -0.15) is 0 Å². The first kappa shape index (κ1) is 26.8. The Labute approximate surface area is 276 Å². The third kappa shape index (κ3) is 3.40. The van der Waals surface area contributed by atoms with Crippen LogP contribution in [0, 0.1) is 0 Å². The fourth-order valence-corrected chi connectivity index (χ4v) is 8.88. The van der Waals surface area contributed by atoms with E-state index in [1.54, 1.807) is 0 Å². The van der Waals surface area contributed by atoms with Crippen LogP contribution in [0.2, 0.25) is 0 Å². The summed E-state index contributed by atoms with van der Waals surface area (Å²) in [6.45, 7) is 9.38. The molecule has 0 spiro atoms. The monoisotopic (exact) mass is 603 g/mol. The Hall–Kier alpha value is -5.35. The molecular formula is C43H34BN3. The number of pyridine rings is 1. The third-order valence-corrected chi connectivity index (χ3v) is 10.9. The molecule has 6 aromatic carbocycles. The van der Waals surface area contributed by atoms with Crippen LogP contribution >= 0.6 is 0 Å². The smallest absolute Gasteiger partial charge is 0.252 e. The fraction of sp³-hybridized carbons (Fsp3) is 0.140. The van der Waals surface area contributed by atoms with Crippen molar-refractivity contribution in [3.8, 4) is 0 Å². The van der Waals surface area contributed by atoms with Crippen LogP contribution in [0.4, 0.5) is 34.1 Å². The average molecular weight is 604 g/mol. The van der Waals surface area contributed by atoms with Gasteiger partial charge in [0.2, 0.25) is 0 Å². The molecule has 0 fully saturated rings. The molecule has 0 saturated carbocycles. The normalized spacial score (nSPS) is 15.0. The Morgan fingerprint density at radius 2 is 1.23 bits per heavy atom. The van der Waals surface area contributed by atoms with Gasteiger partial charge in [-0.25, -0.2) is 4.98 Å². The summed E-state index contributed by atoms with van der Waals surface area (Å²) in [4.78, 5) is 10.7. The Bertz CT molecular complexity index is 2450. The molecule has 0 atom stereocenters. The first-order valence-electron chi connectivity index (χ1n) is 16.8. The Balaban J connectivity index is 1.45. The molecule has 0 unspecified atom stereocenters. The molecule has 3 aliphatic heterocycles. The lowest BCUT2D eigenvalue weighted by Gasteiger charge is -2.49. The predicted molar refractivity (Wildman–Crippen MR) is 199 cm³/mol. The molecule has 0 radical (unpaired) electrons. The van der Waals surface area contributed by atoms with Crippen molar-refractivity contribution < 1.29 is 0 Å². The van der Waals surface area contributed by atoms with Gasteiger partial charge in [-0.1, -0.05) is 125 Å². The molecule has 3 aliphatic rings. The highest BCUT2D eigenvalue weighted by molar-refractivity contribution is 7.00. The number of para-hydroxylation sites is 4. The lowest BCUT2D eigenvalue weighted by Crippen LogP contribution is -2.62. The van der Waals surface area contributed by atoms with Gasteiger partial charge in [-0.15, -0.1) is 0 Å². The van der Waals surface area contributed by atoms with E-state index in [9.17, 15) is 0 Å². The van der Waals surface area contributed by atoms with Crippen molar-refractivity contribution in [2.24, 2.45) is 0 Å². The summed E-state index contributed by atoms with van der Waals surface area (Å²) in [7, 11) is 0. The molecule has 47 heavy (non-hydrogen) atoms. The van der Waals surface area contributed by atoms with Crippen LogP contribution < -0.4 is 26.2 Å². The van der Waals surface area contributed by atoms with Crippen LogP contribution in [0.15, 0.2) is 127 Å². The maximum atomic E-state index is 5.64. The molecule has 10 rings (SSSR count). The van der Waals surface area contributed by atoms with E-state index in [1.807, 2.05) is 0 Å². The van der Waals surface area contributed by atoms with E-state index in [1.165, 1.54) is 72.1 Å². The molecule has 0 N–H and O–H groups in total. The third-order valence-electron chi connectivity index (χ3n) is 10.9. The zero-order valence-corrected chi connectivity index (χ0v) is 27.1.